The minimum Gasteiger partial charge on any atom is -0.389 e. The number of ketones is 1. The Morgan fingerprint density at radius 1 is 1.55 bits per heavy atom. The molecule has 0 rings (SSSR count). The molecule has 64 valence electrons. The van der Waals surface area contributed by atoms with E-state index in [0.717, 1.165) is 0 Å². The lowest BCUT2D eigenvalue weighted by atomic mass is 10.1. The maximum Gasteiger partial charge on any atom is 0.133 e. The maximum atomic E-state index is 10.5. The lowest BCUT2D eigenvalue weighted by molar-refractivity contribution is -0.116. The smallest absolute Gasteiger partial charge is 0.133 e. The lowest BCUT2D eigenvalue weighted by Crippen LogP contribution is -2.10. The van der Waals surface area contributed by atoms with Gasteiger partial charge >= 0.3 is 0 Å². The zero-order valence-corrected chi connectivity index (χ0v) is 7.37. The Labute approximate surface area is 67.9 Å². The number of aliphatic hydroxyl groups is 1. The Hall–Kier alpha value is -0.630. The molecule has 0 amide bonds. The van der Waals surface area contributed by atoms with Crippen molar-refractivity contribution in [2.75, 3.05) is 0 Å². The van der Waals surface area contributed by atoms with Gasteiger partial charge in [-0.2, -0.15) is 0 Å². The quantitative estimate of drug-likeness (QED) is 0.627. The highest BCUT2D eigenvalue weighted by atomic mass is 16.3. The van der Waals surface area contributed by atoms with E-state index in [2.05, 4.69) is 0 Å². The number of carbonyl (C=O) groups excluding carboxylic acids is 1. The third-order valence-corrected chi connectivity index (χ3v) is 1.42. The first kappa shape index (κ1) is 10.4. The van der Waals surface area contributed by atoms with Gasteiger partial charge in [-0.25, -0.2) is 0 Å². The molecular formula is C9H16O2. The van der Waals surface area contributed by atoms with Crippen LogP contribution >= 0.6 is 0 Å². The normalized spacial score (nSPS) is 14.3. The number of rotatable bonds is 4. The van der Waals surface area contributed by atoms with Gasteiger partial charge < -0.3 is 5.11 Å². The van der Waals surface area contributed by atoms with Crippen molar-refractivity contribution in [2.24, 2.45) is 5.92 Å². The van der Waals surface area contributed by atoms with E-state index < -0.39 is 6.10 Å². The average Bonchev–Trinajstić information content (AvgIpc) is 1.86. The molecule has 0 aromatic rings. The summed E-state index contributed by atoms with van der Waals surface area (Å²) >= 11 is 0. The van der Waals surface area contributed by atoms with Gasteiger partial charge in [0.15, 0.2) is 0 Å². The molecule has 0 aromatic heterocycles. The van der Waals surface area contributed by atoms with Crippen molar-refractivity contribution >= 4 is 5.78 Å². The van der Waals surface area contributed by atoms with Crippen LogP contribution in [0.15, 0.2) is 12.2 Å². The summed E-state index contributed by atoms with van der Waals surface area (Å²) in [6, 6.07) is 0. The predicted molar refractivity (Wildman–Crippen MR) is 45.3 cm³/mol. The molecule has 0 unspecified atom stereocenters. The summed E-state index contributed by atoms with van der Waals surface area (Å²) in [4.78, 5) is 10.5. The summed E-state index contributed by atoms with van der Waals surface area (Å²) in [5.41, 5.74) is 0. The van der Waals surface area contributed by atoms with E-state index >= 15 is 0 Å². The van der Waals surface area contributed by atoms with Crippen molar-refractivity contribution in [1.82, 2.24) is 0 Å². The first-order valence-corrected chi connectivity index (χ1v) is 3.88. The fourth-order valence-corrected chi connectivity index (χ4v) is 0.596. The van der Waals surface area contributed by atoms with Gasteiger partial charge in [-0.15, -0.1) is 0 Å². The monoisotopic (exact) mass is 156 g/mol. The molecule has 0 radical (unpaired) electrons. The molecule has 0 aromatic carbocycles. The van der Waals surface area contributed by atoms with Gasteiger partial charge in [0.1, 0.15) is 5.78 Å². The SMILES string of the molecule is CC(=O)C/C=C/[C@H](O)C(C)C. The highest BCUT2D eigenvalue weighted by molar-refractivity contribution is 5.76. The standard InChI is InChI=1S/C9H16O2/c1-7(2)9(11)6-4-5-8(3)10/h4,6-7,9,11H,5H2,1-3H3/b6-4+/t9-/m0/s1. The van der Waals surface area contributed by atoms with Gasteiger partial charge in [0, 0.05) is 6.42 Å². The van der Waals surface area contributed by atoms with Crippen LogP contribution in [0.25, 0.3) is 0 Å². The zero-order valence-electron chi connectivity index (χ0n) is 7.37. The Balaban J connectivity index is 3.65. The first-order chi connectivity index (χ1) is 5.04. The fraction of sp³-hybridized carbons (Fsp3) is 0.667. The third kappa shape index (κ3) is 5.80. The van der Waals surface area contributed by atoms with Gasteiger partial charge in [-0.1, -0.05) is 26.0 Å². The molecule has 2 nitrogen and oxygen atoms in total. The summed E-state index contributed by atoms with van der Waals surface area (Å²) in [6.45, 7) is 5.40. The summed E-state index contributed by atoms with van der Waals surface area (Å²) in [5.74, 6) is 0.343. The van der Waals surface area contributed by atoms with Crippen LogP contribution in [0, 0.1) is 5.92 Å². The van der Waals surface area contributed by atoms with Crippen molar-refractivity contribution in [1.29, 1.82) is 0 Å². The van der Waals surface area contributed by atoms with Crippen LogP contribution in [-0.4, -0.2) is 17.0 Å². The van der Waals surface area contributed by atoms with E-state index in [-0.39, 0.29) is 11.7 Å². The highest BCUT2D eigenvalue weighted by Gasteiger charge is 2.02. The van der Waals surface area contributed by atoms with Crippen molar-refractivity contribution in [3.8, 4) is 0 Å². The Kier molecular flexibility index (Phi) is 4.79. The number of aliphatic hydroxyl groups excluding tert-OH is 1. The first-order valence-electron chi connectivity index (χ1n) is 3.88. The summed E-state index contributed by atoms with van der Waals surface area (Å²) in [5, 5.41) is 9.24. The van der Waals surface area contributed by atoms with Crippen LogP contribution in [0.5, 0.6) is 0 Å². The molecule has 0 heterocycles. The number of hydrogen-bond donors (Lipinski definition) is 1. The molecule has 0 aliphatic carbocycles. The molecule has 11 heavy (non-hydrogen) atoms. The van der Waals surface area contributed by atoms with Crippen molar-refractivity contribution in [3.63, 3.8) is 0 Å². The molecule has 0 fully saturated rings. The predicted octanol–water partition coefficient (Wildman–Crippen LogP) is 1.54. The van der Waals surface area contributed by atoms with Crippen LogP contribution < -0.4 is 0 Å². The van der Waals surface area contributed by atoms with Crippen molar-refractivity contribution < 1.29 is 9.90 Å². The second-order valence-electron chi connectivity index (χ2n) is 3.07. The van der Waals surface area contributed by atoms with Crippen LogP contribution in [0.2, 0.25) is 0 Å². The third-order valence-electron chi connectivity index (χ3n) is 1.42. The molecule has 1 N–H and O–H groups in total. The average molecular weight is 156 g/mol. The van der Waals surface area contributed by atoms with E-state index in [0.29, 0.717) is 6.42 Å². The molecule has 0 saturated carbocycles. The van der Waals surface area contributed by atoms with E-state index in [1.165, 1.54) is 6.92 Å². The second-order valence-corrected chi connectivity index (χ2v) is 3.07. The number of hydrogen-bond acceptors (Lipinski definition) is 2. The second kappa shape index (κ2) is 5.08. The van der Waals surface area contributed by atoms with Gasteiger partial charge in [0.05, 0.1) is 6.10 Å². The zero-order chi connectivity index (χ0) is 8.85. The minimum absolute atomic E-state index is 0.122. The number of Topliss-reactive ketones (excluding diaryl/α,β-unsaturated/α-hetero) is 1. The molecule has 0 spiro atoms. The summed E-state index contributed by atoms with van der Waals surface area (Å²) < 4.78 is 0. The molecule has 1 atom stereocenters. The van der Waals surface area contributed by atoms with E-state index in [1.54, 1.807) is 12.2 Å². The van der Waals surface area contributed by atoms with Gasteiger partial charge in [0.25, 0.3) is 0 Å². The summed E-state index contributed by atoms with van der Waals surface area (Å²) in [6.07, 6.45) is 3.39. The number of allylic oxidation sites excluding steroid dienone is 1. The lowest BCUT2D eigenvalue weighted by Gasteiger charge is -2.07. The minimum atomic E-state index is -0.422. The molecule has 2 heteroatoms. The molecule has 0 aliphatic rings. The van der Waals surface area contributed by atoms with Crippen LogP contribution in [0.1, 0.15) is 27.2 Å². The molecule has 0 aliphatic heterocycles. The topological polar surface area (TPSA) is 37.3 Å². The molecular weight excluding hydrogens is 140 g/mol. The fourth-order valence-electron chi connectivity index (χ4n) is 0.596. The van der Waals surface area contributed by atoms with Gasteiger partial charge in [-0.3, -0.25) is 4.79 Å². The molecule has 0 saturated heterocycles. The van der Waals surface area contributed by atoms with Crippen LogP contribution in [0.4, 0.5) is 0 Å². The summed E-state index contributed by atoms with van der Waals surface area (Å²) in [7, 11) is 0. The van der Waals surface area contributed by atoms with Gasteiger partial charge in [0.2, 0.25) is 0 Å². The van der Waals surface area contributed by atoms with E-state index in [1.807, 2.05) is 13.8 Å². The van der Waals surface area contributed by atoms with Crippen LogP contribution in [0.3, 0.4) is 0 Å². The molecule has 0 bridgehead atoms. The van der Waals surface area contributed by atoms with Crippen molar-refractivity contribution in [2.45, 2.75) is 33.3 Å². The van der Waals surface area contributed by atoms with E-state index in [9.17, 15) is 9.90 Å². The van der Waals surface area contributed by atoms with Gasteiger partial charge in [-0.05, 0) is 12.8 Å². The van der Waals surface area contributed by atoms with Crippen molar-refractivity contribution in [3.05, 3.63) is 12.2 Å². The van der Waals surface area contributed by atoms with E-state index in [4.69, 9.17) is 0 Å². The number of carbonyl (C=O) groups is 1. The Morgan fingerprint density at radius 3 is 2.45 bits per heavy atom. The van der Waals surface area contributed by atoms with Crippen LogP contribution in [-0.2, 0) is 4.79 Å². The highest BCUT2D eigenvalue weighted by Crippen LogP contribution is 2.02. The Bertz CT molecular complexity index is 148. The maximum absolute atomic E-state index is 10.5. The Morgan fingerprint density at radius 2 is 2.09 bits per heavy atom. The largest absolute Gasteiger partial charge is 0.389 e.